The second-order valence-corrected chi connectivity index (χ2v) is 4.31. The van der Waals surface area contributed by atoms with Gasteiger partial charge >= 0.3 is 5.43 Å². The standard InChI is InChI=1S/C9H17ClO2/c1-5-6-7(9(2,3)4)12-8(10)11/h7H,5-6H2,1-4H3. The molecule has 0 rings (SSSR count). The first kappa shape index (κ1) is 11.8. The zero-order valence-corrected chi connectivity index (χ0v) is 8.94. The van der Waals surface area contributed by atoms with Crippen molar-refractivity contribution in [1.29, 1.82) is 0 Å². The monoisotopic (exact) mass is 192 g/mol. The average Bonchev–Trinajstić information content (AvgIpc) is 1.83. The Bertz CT molecular complexity index is 149. The largest absolute Gasteiger partial charge is 0.450 e. The highest BCUT2D eigenvalue weighted by Crippen LogP contribution is 2.26. The van der Waals surface area contributed by atoms with Gasteiger partial charge in [-0.1, -0.05) is 34.1 Å². The molecule has 0 radical (unpaired) electrons. The van der Waals surface area contributed by atoms with Crippen LogP contribution in [0.25, 0.3) is 0 Å². The van der Waals surface area contributed by atoms with Gasteiger partial charge in [0.1, 0.15) is 6.10 Å². The molecule has 0 aromatic rings. The summed E-state index contributed by atoms with van der Waals surface area (Å²) in [7, 11) is 0. The Labute approximate surface area is 79.2 Å². The van der Waals surface area contributed by atoms with Crippen LogP contribution in [0.2, 0.25) is 0 Å². The normalized spacial score (nSPS) is 14.1. The number of hydrogen-bond donors (Lipinski definition) is 0. The Hall–Kier alpha value is -0.240. The maximum atomic E-state index is 10.5. The van der Waals surface area contributed by atoms with Gasteiger partial charge in [-0.25, -0.2) is 4.79 Å². The molecule has 0 fully saturated rings. The molecule has 0 saturated heterocycles. The van der Waals surface area contributed by atoms with Crippen LogP contribution in [0.4, 0.5) is 4.79 Å². The van der Waals surface area contributed by atoms with Crippen molar-refractivity contribution in [1.82, 2.24) is 0 Å². The van der Waals surface area contributed by atoms with E-state index in [1.807, 2.05) is 20.8 Å². The molecule has 0 N–H and O–H groups in total. The Morgan fingerprint density at radius 1 is 1.50 bits per heavy atom. The van der Waals surface area contributed by atoms with Gasteiger partial charge in [0.15, 0.2) is 0 Å². The van der Waals surface area contributed by atoms with Gasteiger partial charge in [-0.05, 0) is 11.8 Å². The number of carbonyl (C=O) groups excluding carboxylic acids is 1. The van der Waals surface area contributed by atoms with Crippen LogP contribution in [0.5, 0.6) is 0 Å². The molecular weight excluding hydrogens is 176 g/mol. The third-order valence-corrected chi connectivity index (χ3v) is 1.84. The van der Waals surface area contributed by atoms with Gasteiger partial charge in [-0.3, -0.25) is 0 Å². The summed E-state index contributed by atoms with van der Waals surface area (Å²) in [4.78, 5) is 10.5. The van der Waals surface area contributed by atoms with Crippen molar-refractivity contribution >= 4 is 17.0 Å². The topological polar surface area (TPSA) is 26.3 Å². The number of halogens is 1. The van der Waals surface area contributed by atoms with Gasteiger partial charge in [0.25, 0.3) is 0 Å². The van der Waals surface area contributed by atoms with Crippen molar-refractivity contribution in [3.05, 3.63) is 0 Å². The van der Waals surface area contributed by atoms with Crippen molar-refractivity contribution < 1.29 is 9.53 Å². The molecule has 0 amide bonds. The molecule has 72 valence electrons. The molecule has 0 spiro atoms. The summed E-state index contributed by atoms with van der Waals surface area (Å²) >= 11 is 5.15. The lowest BCUT2D eigenvalue weighted by molar-refractivity contribution is 0.0403. The summed E-state index contributed by atoms with van der Waals surface area (Å²) in [5.41, 5.74) is -0.732. The highest BCUT2D eigenvalue weighted by molar-refractivity contribution is 6.61. The second-order valence-electron chi connectivity index (χ2n) is 4.00. The zero-order valence-electron chi connectivity index (χ0n) is 8.19. The summed E-state index contributed by atoms with van der Waals surface area (Å²) in [5, 5.41) is 0. The predicted octanol–water partition coefficient (Wildman–Crippen LogP) is 3.58. The molecule has 1 unspecified atom stereocenters. The van der Waals surface area contributed by atoms with Crippen LogP contribution in [-0.2, 0) is 4.74 Å². The fourth-order valence-corrected chi connectivity index (χ4v) is 1.15. The fraction of sp³-hybridized carbons (Fsp3) is 0.889. The van der Waals surface area contributed by atoms with E-state index in [9.17, 15) is 4.79 Å². The quantitative estimate of drug-likeness (QED) is 0.639. The molecule has 0 aliphatic rings. The van der Waals surface area contributed by atoms with Crippen molar-refractivity contribution in [2.75, 3.05) is 0 Å². The van der Waals surface area contributed by atoms with E-state index >= 15 is 0 Å². The minimum absolute atomic E-state index is 0.0272. The van der Waals surface area contributed by atoms with Gasteiger partial charge < -0.3 is 4.74 Å². The first-order valence-corrected chi connectivity index (χ1v) is 4.61. The second kappa shape index (κ2) is 4.70. The summed E-state index contributed by atoms with van der Waals surface area (Å²) in [6, 6.07) is 0. The lowest BCUT2D eigenvalue weighted by Crippen LogP contribution is -2.29. The molecular formula is C9H17ClO2. The van der Waals surface area contributed by atoms with E-state index < -0.39 is 5.43 Å². The molecule has 0 aliphatic heterocycles. The van der Waals surface area contributed by atoms with Gasteiger partial charge in [0.05, 0.1) is 0 Å². The Balaban J connectivity index is 4.13. The fourth-order valence-electron chi connectivity index (χ4n) is 1.04. The molecule has 0 aliphatic carbocycles. The zero-order chi connectivity index (χ0) is 9.78. The summed E-state index contributed by atoms with van der Waals surface area (Å²) in [6.45, 7) is 8.16. The number of hydrogen-bond acceptors (Lipinski definition) is 2. The molecule has 0 bridgehead atoms. The Morgan fingerprint density at radius 3 is 2.25 bits per heavy atom. The van der Waals surface area contributed by atoms with E-state index in [0.717, 1.165) is 12.8 Å². The van der Waals surface area contributed by atoms with Crippen molar-refractivity contribution in [3.8, 4) is 0 Å². The van der Waals surface area contributed by atoms with E-state index in [1.165, 1.54) is 0 Å². The number of ether oxygens (including phenoxy) is 1. The highest BCUT2D eigenvalue weighted by atomic mass is 35.5. The lowest BCUT2D eigenvalue weighted by atomic mass is 9.86. The van der Waals surface area contributed by atoms with Crippen LogP contribution in [0.3, 0.4) is 0 Å². The van der Waals surface area contributed by atoms with Crippen molar-refractivity contribution in [3.63, 3.8) is 0 Å². The highest BCUT2D eigenvalue weighted by Gasteiger charge is 2.26. The summed E-state index contributed by atoms with van der Waals surface area (Å²) in [5.74, 6) is 0. The molecule has 3 heteroatoms. The van der Waals surface area contributed by atoms with E-state index in [2.05, 4.69) is 6.92 Å². The SMILES string of the molecule is CCCC(OC(=O)Cl)C(C)(C)C. The Morgan fingerprint density at radius 2 is 2.00 bits per heavy atom. The van der Waals surface area contributed by atoms with Crippen LogP contribution in [0.15, 0.2) is 0 Å². The molecule has 1 atom stereocenters. The van der Waals surface area contributed by atoms with Crippen LogP contribution >= 0.6 is 11.6 Å². The van der Waals surface area contributed by atoms with Gasteiger partial charge in [-0.15, -0.1) is 0 Å². The molecule has 0 heterocycles. The van der Waals surface area contributed by atoms with E-state index in [4.69, 9.17) is 16.3 Å². The van der Waals surface area contributed by atoms with Crippen LogP contribution in [0, 0.1) is 5.41 Å². The number of rotatable bonds is 3. The lowest BCUT2D eigenvalue weighted by Gasteiger charge is -2.29. The van der Waals surface area contributed by atoms with Gasteiger partial charge in [-0.2, -0.15) is 0 Å². The molecule has 0 aromatic carbocycles. The van der Waals surface area contributed by atoms with Crippen LogP contribution in [0.1, 0.15) is 40.5 Å². The Kier molecular flexibility index (Phi) is 4.61. The minimum atomic E-state index is -0.705. The molecule has 0 aromatic heterocycles. The van der Waals surface area contributed by atoms with Gasteiger partial charge in [0.2, 0.25) is 0 Å². The number of carbonyl (C=O) groups is 1. The maximum absolute atomic E-state index is 10.5. The van der Waals surface area contributed by atoms with E-state index in [0.29, 0.717) is 0 Å². The molecule has 0 saturated carbocycles. The van der Waals surface area contributed by atoms with Crippen LogP contribution < -0.4 is 0 Å². The predicted molar refractivity (Wildman–Crippen MR) is 50.5 cm³/mol. The van der Waals surface area contributed by atoms with Crippen LogP contribution in [-0.4, -0.2) is 11.5 Å². The van der Waals surface area contributed by atoms with Gasteiger partial charge in [0, 0.05) is 11.6 Å². The van der Waals surface area contributed by atoms with Crippen molar-refractivity contribution in [2.24, 2.45) is 5.41 Å². The smallest absolute Gasteiger partial charge is 0.404 e. The average molecular weight is 193 g/mol. The molecule has 2 nitrogen and oxygen atoms in total. The van der Waals surface area contributed by atoms with E-state index in [1.54, 1.807) is 0 Å². The van der Waals surface area contributed by atoms with Crippen molar-refractivity contribution in [2.45, 2.75) is 46.6 Å². The molecule has 12 heavy (non-hydrogen) atoms. The van der Waals surface area contributed by atoms with E-state index in [-0.39, 0.29) is 11.5 Å². The first-order chi connectivity index (χ1) is 5.38. The summed E-state index contributed by atoms with van der Waals surface area (Å²) in [6.07, 6.45) is 1.78. The minimum Gasteiger partial charge on any atom is -0.450 e. The summed E-state index contributed by atoms with van der Waals surface area (Å²) < 4.78 is 4.98. The first-order valence-electron chi connectivity index (χ1n) is 4.24. The third-order valence-electron chi connectivity index (χ3n) is 1.75. The maximum Gasteiger partial charge on any atom is 0.404 e. The third kappa shape index (κ3) is 4.60.